The maximum atomic E-state index is 14.1. The number of rotatable bonds is 4. The molecule has 4 aliphatic carbocycles. The van der Waals surface area contributed by atoms with Crippen LogP contribution in [0.4, 0.5) is 0 Å². The molecule has 2 aromatic heterocycles. The van der Waals surface area contributed by atoms with Gasteiger partial charge in [0.15, 0.2) is 23.1 Å². The molecule has 14 aromatic rings. The number of benzene rings is 12. The van der Waals surface area contributed by atoms with E-state index in [4.69, 9.17) is 18.1 Å². The summed E-state index contributed by atoms with van der Waals surface area (Å²) in [6.45, 7) is 8.88. The van der Waals surface area contributed by atoms with Crippen molar-refractivity contribution in [3.63, 3.8) is 0 Å². The zero-order chi connectivity index (χ0) is 65.5. The second kappa shape index (κ2) is 24.2. The van der Waals surface area contributed by atoms with Gasteiger partial charge in [-0.25, -0.2) is 0 Å². The van der Waals surface area contributed by atoms with E-state index in [2.05, 4.69) is 182 Å². The summed E-state index contributed by atoms with van der Waals surface area (Å²) in [6, 6.07) is 71.4. The highest BCUT2D eigenvalue weighted by molar-refractivity contribution is 9.10. The first-order chi connectivity index (χ1) is 45.9. The van der Waals surface area contributed by atoms with E-state index >= 15 is 0 Å². The lowest BCUT2D eigenvalue weighted by Gasteiger charge is -2.32. The van der Waals surface area contributed by atoms with Gasteiger partial charge in [-0.05, 0) is 144 Å². The van der Waals surface area contributed by atoms with Gasteiger partial charge in [-0.1, -0.05) is 212 Å². The second-order valence-corrected chi connectivity index (χ2v) is 48.0. The molecule has 3 heterocycles. The number of hydrogen-bond donors (Lipinski definition) is 0. The van der Waals surface area contributed by atoms with Gasteiger partial charge in [-0.2, -0.15) is 0 Å². The van der Waals surface area contributed by atoms with E-state index in [1.165, 1.54) is 43.8 Å². The lowest BCUT2D eigenvalue weighted by atomic mass is 9.71. The van der Waals surface area contributed by atoms with Crippen molar-refractivity contribution < 1.29 is 37.3 Å². The Bertz CT molecular complexity index is 5670. The number of fused-ring (bicyclic) bond motifs is 16. The summed E-state index contributed by atoms with van der Waals surface area (Å²) in [6.07, 6.45) is 0. The van der Waals surface area contributed by atoms with Gasteiger partial charge in [0.25, 0.3) is 0 Å². The lowest BCUT2D eigenvalue weighted by molar-refractivity contribution is 0.00578. The van der Waals surface area contributed by atoms with Crippen molar-refractivity contribution in [1.29, 1.82) is 0 Å². The van der Waals surface area contributed by atoms with Crippen LogP contribution in [0.2, 0.25) is 0 Å². The highest BCUT2D eigenvalue weighted by Gasteiger charge is 2.54. The summed E-state index contributed by atoms with van der Waals surface area (Å²) >= 11 is 3.33. The van der Waals surface area contributed by atoms with E-state index in [0.717, 1.165) is 90.7 Å². The summed E-state index contributed by atoms with van der Waals surface area (Å²) in [5, 5.41) is 9.04. The largest absolute Gasteiger partial charge is 0.496 e. The SMILES string of the molecule is CC1(C)OB(c2c3c(cc4oc5ccccc5c24)-c2cccc4cccc-3c24)OC1(C)C.O=C1c2ccccc2C(=O)c2c(Br)cccc21.O=C1c2ccccc2C(=O)c2c1cccc2-c1c2c(cc3oc4ccccc4c13)-c1cccc3cccc-2c13.PPP(P)P(P)P. The lowest BCUT2D eigenvalue weighted by Crippen LogP contribution is -2.41. The molecule has 462 valence electrons. The molecule has 12 aromatic carbocycles. The average Bonchev–Trinajstić information content (AvgIpc) is 1.55. The second-order valence-electron chi connectivity index (χ2n) is 25.0. The first-order valence-corrected chi connectivity index (χ1v) is 43.6. The molecular formula is C78H57BBrO8P7. The summed E-state index contributed by atoms with van der Waals surface area (Å²) < 4.78 is 26.7. The molecule has 1 aliphatic heterocycles. The molecule has 19 rings (SSSR count). The van der Waals surface area contributed by atoms with Gasteiger partial charge >= 0.3 is 7.12 Å². The third kappa shape index (κ3) is 10.0. The van der Waals surface area contributed by atoms with Gasteiger partial charge in [-0.15, -0.1) is 35.7 Å². The number of ketones is 4. The molecule has 0 spiro atoms. The molecule has 8 nitrogen and oxygen atoms in total. The molecule has 0 amide bonds. The Balaban J connectivity index is 0.000000114. The van der Waals surface area contributed by atoms with Crippen LogP contribution < -0.4 is 5.46 Å². The molecule has 95 heavy (non-hydrogen) atoms. The summed E-state index contributed by atoms with van der Waals surface area (Å²) in [5.41, 5.74) is 18.3. The molecule has 17 heteroatoms. The third-order valence-corrected chi connectivity index (χ3v) is 50.4. The van der Waals surface area contributed by atoms with Crippen LogP contribution >= 0.6 is 73.6 Å². The van der Waals surface area contributed by atoms with Crippen LogP contribution in [0, 0.1) is 0 Å². The Morgan fingerprint density at radius 3 is 1.27 bits per heavy atom. The highest BCUT2D eigenvalue weighted by Crippen LogP contribution is 2.92. The number of carbonyl (C=O) groups excluding carboxylic acids is 4. The van der Waals surface area contributed by atoms with Crippen LogP contribution in [0.25, 0.3) is 121 Å². The van der Waals surface area contributed by atoms with Crippen LogP contribution in [0.3, 0.4) is 0 Å². The Morgan fingerprint density at radius 1 is 0.368 bits per heavy atom. The smallest absolute Gasteiger partial charge is 0.456 e. The Kier molecular flexibility index (Phi) is 16.0. The first kappa shape index (κ1) is 62.7. The molecule has 1 fully saturated rings. The van der Waals surface area contributed by atoms with E-state index in [1.54, 1.807) is 60.7 Å². The quantitative estimate of drug-likeness (QED) is 0.126. The fourth-order valence-electron chi connectivity index (χ4n) is 14.3. The molecule has 1 saturated heterocycles. The molecule has 0 bridgehead atoms. The van der Waals surface area contributed by atoms with Crippen molar-refractivity contribution in [2.45, 2.75) is 38.9 Å². The van der Waals surface area contributed by atoms with Crippen molar-refractivity contribution in [1.82, 2.24) is 0 Å². The van der Waals surface area contributed by atoms with Gasteiger partial charge in [0.05, 0.1) is 11.2 Å². The Morgan fingerprint density at radius 2 is 0.758 bits per heavy atom. The fourth-order valence-corrected chi connectivity index (χ4v) is 31.0. The van der Waals surface area contributed by atoms with Crippen LogP contribution in [0.5, 0.6) is 0 Å². The summed E-state index contributed by atoms with van der Waals surface area (Å²) in [5.74, 6) is -0.421. The first-order valence-electron chi connectivity index (χ1n) is 30.9. The minimum absolute atomic E-state index is 0.0866. The van der Waals surface area contributed by atoms with Crippen molar-refractivity contribution >= 4 is 175 Å². The minimum Gasteiger partial charge on any atom is -0.456 e. The molecule has 0 saturated carbocycles. The molecule has 0 radical (unpaired) electrons. The normalized spacial score (nSPS) is 15.2. The van der Waals surface area contributed by atoms with Gasteiger partial charge in [0.1, 0.15) is 22.3 Å². The molecule has 5 aliphatic rings. The predicted octanol–water partition coefficient (Wildman–Crippen LogP) is 22.4. The van der Waals surface area contributed by atoms with Crippen molar-refractivity contribution in [2.24, 2.45) is 0 Å². The number of para-hydroxylation sites is 2. The van der Waals surface area contributed by atoms with Gasteiger partial charge in [0.2, 0.25) is 0 Å². The van der Waals surface area contributed by atoms with Crippen LogP contribution in [0.1, 0.15) is 91.4 Å². The molecular weight excluding hydrogens is 1370 g/mol. The average molecular weight is 1430 g/mol. The number of hydrogen-bond acceptors (Lipinski definition) is 8. The summed E-state index contributed by atoms with van der Waals surface area (Å²) in [4.78, 5) is 52.3. The third-order valence-electron chi connectivity index (χ3n) is 19.3. The standard InChI is InChI=1S/C36H18O3.C28H23BO3.C14H7BrO2.H9P7/c37-35-21-10-1-2-11-22(21)36(38)32-25(15-7-16-26(32)35)34-31-24-14-6-9-19-8-5-13-20(30(19)24)27(31)18-29-33(34)23-12-3-4-17-28(23)39-29;1-27(2)28(3,4)32-29(31-27)26-24-19-13-8-10-16-9-7-12-17(23(16)19)20(24)15-22-25(26)18-11-5-6-14-21(18)30-22;15-11-7-3-6-10-12(11)14(17)9-5-2-1-4-8(9)13(10)16;1-5-7(4)6(2)3/h1-18H;5-15H,1-4H3;1-7H;5H,1-4H2. The molecule has 6 atom stereocenters. The van der Waals surface area contributed by atoms with Crippen LogP contribution in [-0.2, 0) is 9.31 Å². The Labute approximate surface area is 569 Å². The van der Waals surface area contributed by atoms with E-state index in [1.807, 2.05) is 54.6 Å². The monoisotopic (exact) mass is 1430 g/mol. The van der Waals surface area contributed by atoms with Gasteiger partial charge in [-0.3, -0.25) is 19.2 Å². The van der Waals surface area contributed by atoms with Crippen LogP contribution in [-0.4, -0.2) is 41.5 Å². The Hall–Kier alpha value is -7.09. The highest BCUT2D eigenvalue weighted by atomic mass is 79.9. The van der Waals surface area contributed by atoms with E-state index in [0.29, 0.717) is 49.0 Å². The minimum atomic E-state index is -0.483. The van der Waals surface area contributed by atoms with Crippen molar-refractivity contribution in [2.75, 3.05) is 0 Å². The van der Waals surface area contributed by atoms with Gasteiger partial charge < -0.3 is 18.1 Å². The zero-order valence-corrected chi connectivity index (χ0v) is 60.7. The van der Waals surface area contributed by atoms with Crippen molar-refractivity contribution in [3.8, 4) is 55.6 Å². The topological polar surface area (TPSA) is 113 Å². The van der Waals surface area contributed by atoms with E-state index < -0.39 is 18.3 Å². The van der Waals surface area contributed by atoms with Gasteiger partial charge in [0, 0.05) is 81.6 Å². The fraction of sp³-hybridized carbons (Fsp3) is 0.0769. The van der Waals surface area contributed by atoms with E-state index in [9.17, 15) is 19.2 Å². The summed E-state index contributed by atoms with van der Waals surface area (Å²) in [7, 11) is 11.9. The predicted molar refractivity (Wildman–Crippen MR) is 414 cm³/mol. The van der Waals surface area contributed by atoms with Crippen molar-refractivity contribution in [3.05, 3.63) is 267 Å². The maximum Gasteiger partial charge on any atom is 0.496 e. The maximum absolute atomic E-state index is 14.1. The molecule has 0 N–H and O–H groups in total. The number of carbonyl (C=O) groups is 4. The molecule has 6 unspecified atom stereocenters. The number of furan rings is 2. The van der Waals surface area contributed by atoms with E-state index in [-0.39, 0.29) is 37.1 Å². The number of halogens is 1. The van der Waals surface area contributed by atoms with Crippen LogP contribution in [0.15, 0.2) is 232 Å². The zero-order valence-electron chi connectivity index (χ0n) is 51.7.